The highest BCUT2D eigenvalue weighted by atomic mass is 32.2. The van der Waals surface area contributed by atoms with Crippen LogP contribution in [-0.2, 0) is 17.1 Å². The van der Waals surface area contributed by atoms with E-state index in [0.717, 1.165) is 12.1 Å². The Hall–Kier alpha value is -1.96. The van der Waals surface area contributed by atoms with E-state index in [9.17, 15) is 17.2 Å². The minimum atomic E-state index is -3.98. The first-order chi connectivity index (χ1) is 9.22. The molecule has 0 spiro atoms. The molecule has 1 aromatic carbocycles. The second-order valence-electron chi connectivity index (χ2n) is 4.35. The van der Waals surface area contributed by atoms with Crippen LogP contribution < -0.4 is 4.72 Å². The van der Waals surface area contributed by atoms with Crippen LogP contribution in [0, 0.1) is 25.5 Å². The monoisotopic (exact) mass is 301 g/mol. The van der Waals surface area contributed by atoms with Gasteiger partial charge >= 0.3 is 0 Å². The molecule has 0 radical (unpaired) electrons. The molecule has 0 aliphatic carbocycles. The largest absolute Gasteiger partial charge is 0.277 e. The van der Waals surface area contributed by atoms with Crippen LogP contribution in [0.3, 0.4) is 0 Å². The molecule has 1 aromatic heterocycles. The van der Waals surface area contributed by atoms with Crippen LogP contribution in [-0.4, -0.2) is 18.2 Å². The summed E-state index contributed by atoms with van der Waals surface area (Å²) < 4.78 is 54.4. The number of aromatic nitrogens is 2. The number of hydrogen-bond donors (Lipinski definition) is 1. The Bertz CT molecular complexity index is 769. The average Bonchev–Trinajstić information content (AvgIpc) is 2.57. The van der Waals surface area contributed by atoms with Gasteiger partial charge in [0.25, 0.3) is 10.0 Å². The van der Waals surface area contributed by atoms with Crippen molar-refractivity contribution in [3.63, 3.8) is 0 Å². The van der Waals surface area contributed by atoms with Crippen LogP contribution in [0.5, 0.6) is 0 Å². The third kappa shape index (κ3) is 2.51. The summed E-state index contributed by atoms with van der Waals surface area (Å²) in [6.45, 7) is 3.14. The summed E-state index contributed by atoms with van der Waals surface area (Å²) in [5.74, 6) is -1.76. The lowest BCUT2D eigenvalue weighted by molar-refractivity contribution is 0.582. The molecule has 0 amide bonds. The topological polar surface area (TPSA) is 64.0 Å². The zero-order valence-corrected chi connectivity index (χ0v) is 11.9. The zero-order valence-electron chi connectivity index (χ0n) is 11.1. The lowest BCUT2D eigenvalue weighted by atomic mass is 10.3. The molecule has 2 aromatic rings. The van der Waals surface area contributed by atoms with E-state index in [1.54, 1.807) is 20.9 Å². The predicted octanol–water partition coefficient (Wildman–Crippen LogP) is 2.12. The minimum absolute atomic E-state index is 0.0104. The summed E-state index contributed by atoms with van der Waals surface area (Å²) in [6.07, 6.45) is 0. The van der Waals surface area contributed by atoms with Crippen molar-refractivity contribution in [2.75, 3.05) is 4.72 Å². The van der Waals surface area contributed by atoms with E-state index in [1.807, 2.05) is 0 Å². The molecule has 0 fully saturated rings. The smallest absolute Gasteiger partial charge is 0.265 e. The number of rotatable bonds is 3. The Morgan fingerprint density at radius 3 is 2.40 bits per heavy atom. The van der Waals surface area contributed by atoms with Crippen molar-refractivity contribution in [2.24, 2.45) is 7.05 Å². The highest BCUT2D eigenvalue weighted by molar-refractivity contribution is 7.92. The van der Waals surface area contributed by atoms with Gasteiger partial charge in [-0.25, -0.2) is 17.2 Å². The minimum Gasteiger partial charge on any atom is -0.277 e. The second kappa shape index (κ2) is 4.86. The quantitative estimate of drug-likeness (QED) is 0.944. The van der Waals surface area contributed by atoms with Crippen LogP contribution in [0.15, 0.2) is 23.1 Å². The van der Waals surface area contributed by atoms with Gasteiger partial charge in [-0.3, -0.25) is 9.40 Å². The fourth-order valence-corrected chi connectivity index (χ4v) is 3.42. The van der Waals surface area contributed by atoms with Gasteiger partial charge in [0.1, 0.15) is 16.5 Å². The molecule has 108 valence electrons. The lowest BCUT2D eigenvalue weighted by Gasteiger charge is -2.09. The van der Waals surface area contributed by atoms with Crippen LogP contribution in [0.25, 0.3) is 0 Å². The van der Waals surface area contributed by atoms with E-state index in [1.165, 1.54) is 4.68 Å². The lowest BCUT2D eigenvalue weighted by Crippen LogP contribution is -2.15. The van der Waals surface area contributed by atoms with E-state index < -0.39 is 21.7 Å². The van der Waals surface area contributed by atoms with Gasteiger partial charge in [-0.05, 0) is 26.0 Å². The molecule has 20 heavy (non-hydrogen) atoms. The van der Waals surface area contributed by atoms with Gasteiger partial charge in [0, 0.05) is 13.1 Å². The summed E-state index contributed by atoms with van der Waals surface area (Å²) in [5, 5.41) is 4.00. The summed E-state index contributed by atoms with van der Waals surface area (Å²) in [7, 11) is -2.37. The number of nitrogens with zero attached hydrogens (tertiary/aromatic N) is 2. The van der Waals surface area contributed by atoms with Crippen LogP contribution in [0.2, 0.25) is 0 Å². The average molecular weight is 301 g/mol. The molecule has 5 nitrogen and oxygen atoms in total. The molecule has 0 bridgehead atoms. The third-order valence-electron chi connectivity index (χ3n) is 2.89. The highest BCUT2D eigenvalue weighted by Gasteiger charge is 2.24. The number of hydrogen-bond acceptors (Lipinski definition) is 3. The molecule has 0 saturated carbocycles. The van der Waals surface area contributed by atoms with Crippen molar-refractivity contribution in [3.05, 3.63) is 41.2 Å². The van der Waals surface area contributed by atoms with E-state index in [0.29, 0.717) is 17.5 Å². The summed E-state index contributed by atoms with van der Waals surface area (Å²) >= 11 is 0. The van der Waals surface area contributed by atoms with E-state index in [-0.39, 0.29) is 10.6 Å². The van der Waals surface area contributed by atoms with E-state index >= 15 is 0 Å². The molecule has 1 N–H and O–H groups in total. The first kappa shape index (κ1) is 14.4. The second-order valence-corrected chi connectivity index (χ2v) is 5.97. The third-order valence-corrected chi connectivity index (χ3v) is 4.50. The molecule has 8 heteroatoms. The summed E-state index contributed by atoms with van der Waals surface area (Å²) in [5.41, 5.74) is 0.423. The van der Waals surface area contributed by atoms with Gasteiger partial charge < -0.3 is 0 Å². The van der Waals surface area contributed by atoms with Crippen molar-refractivity contribution < 1.29 is 17.2 Å². The van der Waals surface area contributed by atoms with E-state index in [2.05, 4.69) is 9.82 Å². The van der Waals surface area contributed by atoms with Gasteiger partial charge in [-0.2, -0.15) is 5.10 Å². The van der Waals surface area contributed by atoms with Crippen molar-refractivity contribution in [2.45, 2.75) is 18.7 Å². The van der Waals surface area contributed by atoms with Crippen molar-refractivity contribution in [3.8, 4) is 0 Å². The molecular formula is C12H13F2N3O2S. The fourth-order valence-electron chi connectivity index (χ4n) is 1.91. The Morgan fingerprint density at radius 1 is 1.25 bits per heavy atom. The Labute approximate surface area is 115 Å². The van der Waals surface area contributed by atoms with Gasteiger partial charge in [0.2, 0.25) is 0 Å². The molecule has 1 heterocycles. The van der Waals surface area contributed by atoms with Gasteiger partial charge in [-0.1, -0.05) is 0 Å². The summed E-state index contributed by atoms with van der Waals surface area (Å²) in [4.78, 5) is -0.0104. The zero-order chi connectivity index (χ0) is 15.1. The van der Waals surface area contributed by atoms with Crippen LogP contribution in [0.1, 0.15) is 11.4 Å². The van der Waals surface area contributed by atoms with Crippen LogP contribution >= 0.6 is 0 Å². The number of halogens is 2. The predicted molar refractivity (Wildman–Crippen MR) is 69.8 cm³/mol. The SMILES string of the molecule is Cc1nn(C)c(C)c1S(=O)(=O)Nc1ccc(F)cc1F. The number of nitrogens with one attached hydrogen (secondary N) is 1. The number of sulfonamides is 1. The standard InChI is InChI=1S/C12H13F2N3O2S/c1-7-12(8(2)17(3)15-7)20(18,19)16-11-5-4-9(13)6-10(11)14/h4-6,16H,1-3H3. The van der Waals surface area contributed by atoms with Crippen molar-refractivity contribution in [1.29, 1.82) is 0 Å². The molecular weight excluding hydrogens is 288 g/mol. The van der Waals surface area contributed by atoms with Gasteiger partial charge in [0.15, 0.2) is 0 Å². The Morgan fingerprint density at radius 2 is 1.90 bits per heavy atom. The molecule has 0 aliphatic rings. The first-order valence-corrected chi connectivity index (χ1v) is 7.19. The molecule has 2 rings (SSSR count). The van der Waals surface area contributed by atoms with Gasteiger partial charge in [0.05, 0.1) is 17.1 Å². The first-order valence-electron chi connectivity index (χ1n) is 5.70. The molecule has 0 atom stereocenters. The molecule has 0 unspecified atom stereocenters. The van der Waals surface area contributed by atoms with Gasteiger partial charge in [-0.15, -0.1) is 0 Å². The fraction of sp³-hybridized carbons (Fsp3) is 0.250. The number of benzene rings is 1. The maximum atomic E-state index is 13.5. The maximum Gasteiger partial charge on any atom is 0.265 e. The normalized spacial score (nSPS) is 11.7. The Balaban J connectivity index is 2.46. The maximum absolute atomic E-state index is 13.5. The Kier molecular flexibility index (Phi) is 3.51. The highest BCUT2D eigenvalue weighted by Crippen LogP contribution is 2.23. The molecule has 0 aliphatic heterocycles. The van der Waals surface area contributed by atoms with E-state index in [4.69, 9.17) is 0 Å². The summed E-state index contributed by atoms with van der Waals surface area (Å²) in [6, 6.07) is 2.62. The molecule has 0 saturated heterocycles. The van der Waals surface area contributed by atoms with Crippen molar-refractivity contribution in [1.82, 2.24) is 9.78 Å². The van der Waals surface area contributed by atoms with Crippen LogP contribution in [0.4, 0.5) is 14.5 Å². The number of aryl methyl sites for hydroxylation is 2. The number of anilines is 1. The van der Waals surface area contributed by atoms with Crippen molar-refractivity contribution >= 4 is 15.7 Å².